The molecule has 2 aromatic carbocycles. The van der Waals surface area contributed by atoms with Crippen molar-refractivity contribution in [2.24, 2.45) is 0 Å². The highest BCUT2D eigenvalue weighted by Gasteiger charge is 2.07. The Morgan fingerprint density at radius 2 is 1.77 bits per heavy atom. The van der Waals surface area contributed by atoms with Crippen LogP contribution in [-0.2, 0) is 13.1 Å². The lowest BCUT2D eigenvalue weighted by Crippen LogP contribution is -2.19. The molecular formula is C22H22N4. The molecule has 4 aromatic rings. The van der Waals surface area contributed by atoms with Gasteiger partial charge in [-0.3, -0.25) is 4.98 Å². The third-order valence-electron chi connectivity index (χ3n) is 4.62. The second kappa shape index (κ2) is 7.50. The van der Waals surface area contributed by atoms with E-state index in [2.05, 4.69) is 70.3 Å². The van der Waals surface area contributed by atoms with E-state index in [4.69, 9.17) is 4.98 Å². The Labute approximate surface area is 153 Å². The SMILES string of the molecule is C[C@H](NCc1ccc(Cn2ccnc2)cc1)c1ccc2ccccc2n1. The lowest BCUT2D eigenvalue weighted by molar-refractivity contribution is 0.563. The topological polar surface area (TPSA) is 42.7 Å². The van der Waals surface area contributed by atoms with Crippen LogP contribution in [0.25, 0.3) is 10.9 Å². The van der Waals surface area contributed by atoms with Gasteiger partial charge in [0.2, 0.25) is 0 Å². The summed E-state index contributed by atoms with van der Waals surface area (Å²) < 4.78 is 2.07. The molecule has 0 radical (unpaired) electrons. The summed E-state index contributed by atoms with van der Waals surface area (Å²) in [7, 11) is 0. The largest absolute Gasteiger partial charge is 0.333 e. The van der Waals surface area contributed by atoms with Crippen molar-refractivity contribution >= 4 is 10.9 Å². The van der Waals surface area contributed by atoms with Crippen LogP contribution in [0, 0.1) is 0 Å². The number of para-hydroxylation sites is 1. The van der Waals surface area contributed by atoms with Gasteiger partial charge in [0.25, 0.3) is 0 Å². The second-order valence-electron chi connectivity index (χ2n) is 6.58. The summed E-state index contributed by atoms with van der Waals surface area (Å²) in [5.41, 5.74) is 4.66. The highest BCUT2D eigenvalue weighted by molar-refractivity contribution is 5.78. The maximum absolute atomic E-state index is 4.77. The monoisotopic (exact) mass is 342 g/mol. The number of nitrogens with one attached hydrogen (secondary N) is 1. The number of hydrogen-bond donors (Lipinski definition) is 1. The van der Waals surface area contributed by atoms with Gasteiger partial charge in [-0.05, 0) is 30.2 Å². The summed E-state index contributed by atoms with van der Waals surface area (Å²) in [4.78, 5) is 8.85. The Morgan fingerprint density at radius 1 is 0.962 bits per heavy atom. The van der Waals surface area contributed by atoms with Crippen LogP contribution in [0.4, 0.5) is 0 Å². The highest BCUT2D eigenvalue weighted by Crippen LogP contribution is 2.17. The second-order valence-corrected chi connectivity index (χ2v) is 6.58. The van der Waals surface area contributed by atoms with Crippen LogP contribution in [0.5, 0.6) is 0 Å². The summed E-state index contributed by atoms with van der Waals surface area (Å²) in [6.07, 6.45) is 5.63. The summed E-state index contributed by atoms with van der Waals surface area (Å²) >= 11 is 0. The van der Waals surface area contributed by atoms with Crippen molar-refractivity contribution in [1.82, 2.24) is 19.9 Å². The first kappa shape index (κ1) is 16.5. The first-order valence-electron chi connectivity index (χ1n) is 8.90. The molecule has 1 atom stereocenters. The minimum Gasteiger partial charge on any atom is -0.333 e. The Balaban J connectivity index is 1.38. The molecule has 26 heavy (non-hydrogen) atoms. The number of pyridine rings is 1. The van der Waals surface area contributed by atoms with Crippen LogP contribution in [0.15, 0.2) is 79.4 Å². The van der Waals surface area contributed by atoms with Crippen LogP contribution < -0.4 is 5.32 Å². The molecule has 0 bridgehead atoms. The van der Waals surface area contributed by atoms with Crippen LogP contribution in [0.2, 0.25) is 0 Å². The van der Waals surface area contributed by atoms with E-state index in [9.17, 15) is 0 Å². The van der Waals surface area contributed by atoms with E-state index >= 15 is 0 Å². The molecule has 0 unspecified atom stereocenters. The van der Waals surface area contributed by atoms with Crippen molar-refractivity contribution in [3.63, 3.8) is 0 Å². The Kier molecular flexibility index (Phi) is 4.75. The number of fused-ring (bicyclic) bond motifs is 1. The molecule has 4 heteroatoms. The number of hydrogen-bond acceptors (Lipinski definition) is 3. The van der Waals surface area contributed by atoms with Gasteiger partial charge in [-0.15, -0.1) is 0 Å². The van der Waals surface area contributed by atoms with Gasteiger partial charge < -0.3 is 9.88 Å². The molecule has 0 aliphatic heterocycles. The molecule has 4 nitrogen and oxygen atoms in total. The van der Waals surface area contributed by atoms with Gasteiger partial charge in [0.05, 0.1) is 17.5 Å². The predicted molar refractivity (Wildman–Crippen MR) is 105 cm³/mol. The van der Waals surface area contributed by atoms with Crippen molar-refractivity contribution < 1.29 is 0 Å². The molecule has 4 rings (SSSR count). The van der Waals surface area contributed by atoms with E-state index in [-0.39, 0.29) is 6.04 Å². The third kappa shape index (κ3) is 3.81. The van der Waals surface area contributed by atoms with Gasteiger partial charge in [-0.25, -0.2) is 4.98 Å². The molecule has 0 aliphatic rings. The number of imidazole rings is 1. The molecule has 0 aliphatic carbocycles. The van der Waals surface area contributed by atoms with E-state index < -0.39 is 0 Å². The maximum Gasteiger partial charge on any atom is 0.0949 e. The van der Waals surface area contributed by atoms with Crippen molar-refractivity contribution in [3.8, 4) is 0 Å². The van der Waals surface area contributed by atoms with Crippen LogP contribution in [0.1, 0.15) is 29.8 Å². The van der Waals surface area contributed by atoms with Crippen LogP contribution in [-0.4, -0.2) is 14.5 Å². The average Bonchev–Trinajstić information content (AvgIpc) is 3.20. The number of nitrogens with zero attached hydrogens (tertiary/aromatic N) is 3. The van der Waals surface area contributed by atoms with Gasteiger partial charge >= 0.3 is 0 Å². The van der Waals surface area contributed by atoms with Crippen LogP contribution in [0.3, 0.4) is 0 Å². The summed E-state index contributed by atoms with van der Waals surface area (Å²) in [6.45, 7) is 3.83. The quantitative estimate of drug-likeness (QED) is 0.567. The molecule has 130 valence electrons. The zero-order valence-corrected chi connectivity index (χ0v) is 14.8. The summed E-state index contributed by atoms with van der Waals surface area (Å²) in [5, 5.41) is 4.74. The molecule has 2 heterocycles. The van der Waals surface area contributed by atoms with Crippen molar-refractivity contribution in [2.45, 2.75) is 26.1 Å². The number of aromatic nitrogens is 3. The smallest absolute Gasteiger partial charge is 0.0949 e. The fraction of sp³-hybridized carbons (Fsp3) is 0.182. The fourth-order valence-electron chi connectivity index (χ4n) is 3.05. The molecular weight excluding hydrogens is 320 g/mol. The zero-order valence-electron chi connectivity index (χ0n) is 14.8. The van der Waals surface area contributed by atoms with Gasteiger partial charge in [0.15, 0.2) is 0 Å². The highest BCUT2D eigenvalue weighted by atomic mass is 15.0. The lowest BCUT2D eigenvalue weighted by atomic mass is 10.1. The Bertz CT molecular complexity index is 975. The predicted octanol–water partition coefficient (Wildman–Crippen LogP) is 4.33. The van der Waals surface area contributed by atoms with E-state index in [0.717, 1.165) is 24.3 Å². The van der Waals surface area contributed by atoms with E-state index in [1.54, 1.807) is 6.20 Å². The minimum absolute atomic E-state index is 0.199. The fourth-order valence-corrected chi connectivity index (χ4v) is 3.05. The first-order chi connectivity index (χ1) is 12.8. The van der Waals surface area contributed by atoms with E-state index in [1.807, 2.05) is 24.7 Å². The van der Waals surface area contributed by atoms with Gasteiger partial charge in [0, 0.05) is 36.9 Å². The molecule has 0 fully saturated rings. The molecule has 2 aromatic heterocycles. The van der Waals surface area contributed by atoms with Crippen molar-refractivity contribution in [3.05, 3.63) is 96.2 Å². The van der Waals surface area contributed by atoms with E-state index in [0.29, 0.717) is 0 Å². The standard InChI is InChI=1S/C22H22N4/c1-17(21-11-10-20-4-2-3-5-22(20)25-21)24-14-18-6-8-19(9-7-18)15-26-13-12-23-16-26/h2-13,16-17,24H,14-15H2,1H3/t17-/m0/s1. The third-order valence-corrected chi connectivity index (χ3v) is 4.62. The number of benzene rings is 2. The molecule has 0 saturated carbocycles. The van der Waals surface area contributed by atoms with Gasteiger partial charge in [-0.1, -0.05) is 48.5 Å². The molecule has 0 amide bonds. The minimum atomic E-state index is 0.199. The van der Waals surface area contributed by atoms with Crippen LogP contribution >= 0.6 is 0 Å². The van der Waals surface area contributed by atoms with Crippen molar-refractivity contribution in [2.75, 3.05) is 0 Å². The first-order valence-corrected chi connectivity index (χ1v) is 8.90. The maximum atomic E-state index is 4.77. The average molecular weight is 342 g/mol. The van der Waals surface area contributed by atoms with Gasteiger partial charge in [-0.2, -0.15) is 0 Å². The van der Waals surface area contributed by atoms with Crippen molar-refractivity contribution in [1.29, 1.82) is 0 Å². The molecule has 0 spiro atoms. The number of rotatable bonds is 6. The van der Waals surface area contributed by atoms with Gasteiger partial charge in [0.1, 0.15) is 0 Å². The Morgan fingerprint density at radius 3 is 2.58 bits per heavy atom. The lowest BCUT2D eigenvalue weighted by Gasteiger charge is -2.14. The zero-order chi connectivity index (χ0) is 17.8. The summed E-state index contributed by atoms with van der Waals surface area (Å²) in [5.74, 6) is 0. The normalized spacial score (nSPS) is 12.3. The summed E-state index contributed by atoms with van der Waals surface area (Å²) in [6, 6.07) is 21.4. The van der Waals surface area contributed by atoms with E-state index in [1.165, 1.54) is 16.5 Å². The molecule has 0 saturated heterocycles. The Hall–Kier alpha value is -2.98. The molecule has 1 N–H and O–H groups in total.